The first-order valence-electron chi connectivity index (χ1n) is 6.18. The Bertz CT molecular complexity index is 435. The van der Waals surface area contributed by atoms with Crippen molar-refractivity contribution in [1.82, 2.24) is 0 Å². The van der Waals surface area contributed by atoms with Crippen LogP contribution in [0.3, 0.4) is 0 Å². The van der Waals surface area contributed by atoms with E-state index >= 15 is 0 Å². The molecule has 0 unspecified atom stereocenters. The third-order valence-corrected chi connectivity index (χ3v) is 3.00. The van der Waals surface area contributed by atoms with E-state index in [1.54, 1.807) is 0 Å². The Labute approximate surface area is 144 Å². The minimum Gasteiger partial charge on any atom is -0.547 e. The SMILES string of the molecule is CC1(C)OC(=O)[C@H](O)[C@H]([C@@H]2OC(C)(C)O[C@@H]2C(=O)[O-])O1.[Na+]. The van der Waals surface area contributed by atoms with Gasteiger partial charge >= 0.3 is 35.5 Å². The molecule has 2 heterocycles. The van der Waals surface area contributed by atoms with Crippen LogP contribution in [0.1, 0.15) is 27.7 Å². The predicted molar refractivity (Wildman–Crippen MR) is 59.9 cm³/mol. The minimum atomic E-state index is -1.66. The fraction of sp³-hybridized carbons (Fsp3) is 0.833. The topological polar surface area (TPSA) is 114 Å². The van der Waals surface area contributed by atoms with Crippen LogP contribution in [0.2, 0.25) is 0 Å². The number of aliphatic hydroxyl groups excluding tert-OH is 1. The van der Waals surface area contributed by atoms with Gasteiger partial charge in [-0.25, -0.2) is 4.79 Å². The molecule has 2 aliphatic heterocycles. The number of carbonyl (C=O) groups excluding carboxylic acids is 2. The Morgan fingerprint density at radius 2 is 1.62 bits per heavy atom. The molecule has 2 fully saturated rings. The Morgan fingerprint density at radius 1 is 1.10 bits per heavy atom. The molecule has 114 valence electrons. The molecule has 21 heavy (non-hydrogen) atoms. The number of carboxylic acid groups (broad SMARTS) is 1. The van der Waals surface area contributed by atoms with Crippen molar-refractivity contribution in [2.75, 3.05) is 0 Å². The summed E-state index contributed by atoms with van der Waals surface area (Å²) in [7, 11) is 0. The van der Waals surface area contributed by atoms with Gasteiger partial charge in [-0.05, 0) is 13.8 Å². The van der Waals surface area contributed by atoms with Gasteiger partial charge in [-0.3, -0.25) is 0 Å². The summed E-state index contributed by atoms with van der Waals surface area (Å²) in [5.74, 6) is -4.90. The number of hydrogen-bond acceptors (Lipinski definition) is 8. The average molecular weight is 312 g/mol. The summed E-state index contributed by atoms with van der Waals surface area (Å²) in [6.45, 7) is 5.97. The molecule has 2 aliphatic rings. The molecule has 9 heteroatoms. The zero-order valence-electron chi connectivity index (χ0n) is 12.6. The summed E-state index contributed by atoms with van der Waals surface area (Å²) in [6, 6.07) is 0. The van der Waals surface area contributed by atoms with Crippen LogP contribution < -0.4 is 34.7 Å². The smallest absolute Gasteiger partial charge is 0.547 e. The molecular weight excluding hydrogens is 295 g/mol. The van der Waals surface area contributed by atoms with Crippen molar-refractivity contribution in [2.45, 2.75) is 63.7 Å². The van der Waals surface area contributed by atoms with Crippen molar-refractivity contribution in [3.05, 3.63) is 0 Å². The third kappa shape index (κ3) is 3.95. The molecule has 8 nitrogen and oxygen atoms in total. The number of aliphatic hydroxyl groups is 1. The molecular formula is C12H17NaO8. The molecule has 0 amide bonds. The first-order chi connectivity index (χ1) is 9.02. The Kier molecular flexibility index (Phi) is 5.48. The van der Waals surface area contributed by atoms with E-state index in [1.165, 1.54) is 27.7 Å². The molecule has 2 saturated heterocycles. The van der Waals surface area contributed by atoms with Gasteiger partial charge in [0, 0.05) is 13.8 Å². The summed E-state index contributed by atoms with van der Waals surface area (Å²) in [5, 5.41) is 21.0. The first kappa shape index (κ1) is 18.8. The van der Waals surface area contributed by atoms with E-state index in [0.717, 1.165) is 0 Å². The van der Waals surface area contributed by atoms with Crippen molar-refractivity contribution in [2.24, 2.45) is 0 Å². The molecule has 0 bridgehead atoms. The summed E-state index contributed by atoms with van der Waals surface area (Å²) in [5.41, 5.74) is 0. The monoisotopic (exact) mass is 312 g/mol. The van der Waals surface area contributed by atoms with Crippen LogP contribution in [0, 0.1) is 0 Å². The summed E-state index contributed by atoms with van der Waals surface area (Å²) in [4.78, 5) is 22.7. The third-order valence-electron chi connectivity index (χ3n) is 3.00. The van der Waals surface area contributed by atoms with Crippen molar-refractivity contribution >= 4 is 11.9 Å². The van der Waals surface area contributed by atoms with Gasteiger partial charge in [0.2, 0.25) is 5.79 Å². The van der Waals surface area contributed by atoms with Crippen LogP contribution in [0.5, 0.6) is 0 Å². The second-order valence-electron chi connectivity index (χ2n) is 5.69. The zero-order chi connectivity index (χ0) is 15.3. The number of hydrogen-bond donors (Lipinski definition) is 1. The number of carboxylic acids is 1. The van der Waals surface area contributed by atoms with E-state index in [0.29, 0.717) is 0 Å². The molecule has 0 aromatic carbocycles. The number of aliphatic carboxylic acids is 1. The van der Waals surface area contributed by atoms with E-state index in [4.69, 9.17) is 18.9 Å². The Balaban J connectivity index is 0.00000220. The number of rotatable bonds is 2. The van der Waals surface area contributed by atoms with Gasteiger partial charge in [-0.2, -0.15) is 0 Å². The standard InChI is InChI=1S/C12H18O8.Na/c1-11(2)18-7(8(19-11)9(14)15)6-5(13)10(16)20-12(3,4)17-6;/h5-8,13H,1-4H3,(H,14,15);/q;+1/p-1/t5-,6-,7+,8+;/m1./s1. The van der Waals surface area contributed by atoms with Gasteiger partial charge in [0.15, 0.2) is 11.9 Å². The molecule has 0 spiro atoms. The maximum absolute atomic E-state index is 11.6. The molecule has 2 rings (SSSR count). The normalized spacial score (nSPS) is 37.5. The fourth-order valence-electron chi connectivity index (χ4n) is 2.31. The molecule has 0 saturated carbocycles. The average Bonchev–Trinajstić information content (AvgIpc) is 2.59. The number of cyclic esters (lactones) is 1. The van der Waals surface area contributed by atoms with E-state index in [1.807, 2.05) is 0 Å². The number of ether oxygens (including phenoxy) is 4. The van der Waals surface area contributed by atoms with Gasteiger partial charge in [0.05, 0.1) is 5.97 Å². The predicted octanol–water partition coefficient (Wildman–Crippen LogP) is -4.70. The second-order valence-corrected chi connectivity index (χ2v) is 5.69. The van der Waals surface area contributed by atoms with Crippen LogP contribution in [-0.2, 0) is 28.5 Å². The Hall–Kier alpha value is -0.220. The van der Waals surface area contributed by atoms with Crippen LogP contribution in [0.15, 0.2) is 0 Å². The summed E-state index contributed by atoms with van der Waals surface area (Å²) in [6.07, 6.45) is -5.52. The number of carbonyl (C=O) groups is 2. The van der Waals surface area contributed by atoms with Crippen molar-refractivity contribution < 1.29 is 68.3 Å². The first-order valence-corrected chi connectivity index (χ1v) is 6.18. The maximum Gasteiger partial charge on any atom is 1.00 e. The van der Waals surface area contributed by atoms with E-state index < -0.39 is 47.9 Å². The summed E-state index contributed by atoms with van der Waals surface area (Å²) < 4.78 is 20.9. The van der Waals surface area contributed by atoms with E-state index in [2.05, 4.69) is 0 Å². The van der Waals surface area contributed by atoms with Crippen LogP contribution in [0.25, 0.3) is 0 Å². The molecule has 4 atom stereocenters. The molecule has 0 aromatic heterocycles. The van der Waals surface area contributed by atoms with E-state index in [9.17, 15) is 19.8 Å². The van der Waals surface area contributed by atoms with Crippen LogP contribution in [0.4, 0.5) is 0 Å². The van der Waals surface area contributed by atoms with Crippen molar-refractivity contribution in [1.29, 1.82) is 0 Å². The maximum atomic E-state index is 11.6. The van der Waals surface area contributed by atoms with Crippen LogP contribution in [-0.4, -0.2) is 53.0 Å². The molecule has 0 aliphatic carbocycles. The number of esters is 1. The molecule has 1 N–H and O–H groups in total. The van der Waals surface area contributed by atoms with Crippen LogP contribution >= 0.6 is 0 Å². The largest absolute Gasteiger partial charge is 1.00 e. The fourth-order valence-corrected chi connectivity index (χ4v) is 2.31. The van der Waals surface area contributed by atoms with Crippen molar-refractivity contribution in [3.8, 4) is 0 Å². The van der Waals surface area contributed by atoms with Crippen molar-refractivity contribution in [3.63, 3.8) is 0 Å². The van der Waals surface area contributed by atoms with Gasteiger partial charge in [0.25, 0.3) is 0 Å². The second kappa shape index (κ2) is 6.11. The van der Waals surface area contributed by atoms with Gasteiger partial charge < -0.3 is 34.0 Å². The minimum absolute atomic E-state index is 0. The Morgan fingerprint density at radius 3 is 2.14 bits per heavy atom. The summed E-state index contributed by atoms with van der Waals surface area (Å²) >= 11 is 0. The zero-order valence-corrected chi connectivity index (χ0v) is 14.6. The quantitative estimate of drug-likeness (QED) is 0.400. The molecule has 0 aromatic rings. The van der Waals surface area contributed by atoms with Gasteiger partial charge in [0.1, 0.15) is 18.3 Å². The van der Waals surface area contributed by atoms with Gasteiger partial charge in [-0.1, -0.05) is 0 Å². The van der Waals surface area contributed by atoms with E-state index in [-0.39, 0.29) is 29.6 Å². The van der Waals surface area contributed by atoms with Gasteiger partial charge in [-0.15, -0.1) is 0 Å². The molecule has 0 radical (unpaired) electrons.